The van der Waals surface area contributed by atoms with Crippen molar-refractivity contribution >= 4 is 22.6 Å². The maximum absolute atomic E-state index is 12.9. The number of aliphatic hydroxyl groups is 2. The third kappa shape index (κ3) is 3.95. The summed E-state index contributed by atoms with van der Waals surface area (Å²) in [4.78, 5) is 14.1. The lowest BCUT2D eigenvalue weighted by Gasteiger charge is -2.17. The number of nitrogen functional groups attached to an aromatic ring is 1. The average molecular weight is 260 g/mol. The molecule has 0 aliphatic rings. The van der Waals surface area contributed by atoms with Crippen LogP contribution < -0.4 is 5.73 Å². The highest BCUT2D eigenvalue weighted by atomic mass is 32.2. The zero-order valence-electron chi connectivity index (χ0n) is 9.13. The summed E-state index contributed by atoms with van der Waals surface area (Å²) in [6.45, 7) is 1.35. The number of hydrogen-bond donors (Lipinski definition) is 3. The van der Waals surface area contributed by atoms with E-state index in [1.165, 1.54) is 13.0 Å². The first-order chi connectivity index (χ1) is 7.91. The number of aliphatic hydroxyl groups excluding tert-OH is 2. The zero-order chi connectivity index (χ0) is 13.0. The van der Waals surface area contributed by atoms with Crippen LogP contribution in [-0.4, -0.2) is 32.2 Å². The highest BCUT2D eigenvalue weighted by molar-refractivity contribution is 8.13. The van der Waals surface area contributed by atoms with Crippen LogP contribution in [0.25, 0.3) is 0 Å². The van der Waals surface area contributed by atoms with Crippen LogP contribution >= 0.6 is 11.8 Å². The molecule has 0 saturated carbocycles. The molecular formula is C10H13FN2O3S. The van der Waals surface area contributed by atoms with Gasteiger partial charge in [0.25, 0.3) is 0 Å². The van der Waals surface area contributed by atoms with Gasteiger partial charge in [0.15, 0.2) is 5.12 Å². The van der Waals surface area contributed by atoms with Crippen molar-refractivity contribution in [3.63, 3.8) is 0 Å². The topological polar surface area (TPSA) is 96.4 Å². The van der Waals surface area contributed by atoms with E-state index in [2.05, 4.69) is 4.98 Å². The molecule has 0 aliphatic carbocycles. The van der Waals surface area contributed by atoms with Gasteiger partial charge in [-0.15, -0.1) is 0 Å². The molecule has 0 aliphatic heterocycles. The van der Waals surface area contributed by atoms with E-state index >= 15 is 0 Å². The summed E-state index contributed by atoms with van der Waals surface area (Å²) in [5.74, 6) is -0.798. The van der Waals surface area contributed by atoms with Gasteiger partial charge in [0.2, 0.25) is 5.95 Å². The van der Waals surface area contributed by atoms with E-state index in [1.807, 2.05) is 0 Å². The van der Waals surface area contributed by atoms with E-state index in [0.717, 1.165) is 17.8 Å². The average Bonchev–Trinajstić information content (AvgIpc) is 2.28. The number of hydrogen-bond acceptors (Lipinski definition) is 6. The van der Waals surface area contributed by atoms with E-state index in [1.54, 1.807) is 0 Å². The Morgan fingerprint density at radius 3 is 2.82 bits per heavy atom. The molecule has 94 valence electrons. The first-order valence-electron chi connectivity index (χ1n) is 4.83. The van der Waals surface area contributed by atoms with Gasteiger partial charge in [-0.3, -0.25) is 4.79 Å². The molecule has 1 aromatic rings. The number of halogens is 1. The van der Waals surface area contributed by atoms with Crippen LogP contribution in [0, 0.1) is 5.95 Å². The Morgan fingerprint density at radius 2 is 2.24 bits per heavy atom. The van der Waals surface area contributed by atoms with Crippen LogP contribution in [0.15, 0.2) is 12.1 Å². The second-order valence-corrected chi connectivity index (χ2v) is 4.62. The Labute approximate surface area is 102 Å². The maximum Gasteiger partial charge on any atom is 0.213 e. The number of anilines is 1. The molecule has 0 bridgehead atoms. The Kier molecular flexibility index (Phi) is 4.86. The van der Waals surface area contributed by atoms with Crippen LogP contribution in [0.2, 0.25) is 0 Å². The third-order valence-electron chi connectivity index (χ3n) is 2.03. The van der Waals surface area contributed by atoms with Gasteiger partial charge in [0, 0.05) is 12.7 Å². The maximum atomic E-state index is 12.9. The summed E-state index contributed by atoms with van der Waals surface area (Å²) < 4.78 is 12.9. The van der Waals surface area contributed by atoms with Crippen molar-refractivity contribution in [2.24, 2.45) is 0 Å². The summed E-state index contributed by atoms with van der Waals surface area (Å²) in [7, 11) is 0. The van der Waals surface area contributed by atoms with Crippen LogP contribution in [0.3, 0.4) is 0 Å². The normalized spacial score (nSPS) is 14.4. The van der Waals surface area contributed by atoms with Crippen molar-refractivity contribution in [1.29, 1.82) is 0 Å². The molecule has 0 amide bonds. The summed E-state index contributed by atoms with van der Waals surface area (Å²) >= 11 is 0.861. The lowest BCUT2D eigenvalue weighted by molar-refractivity contribution is -0.109. The Balaban J connectivity index is 2.77. The smallest absolute Gasteiger partial charge is 0.213 e. The monoisotopic (exact) mass is 260 g/mol. The van der Waals surface area contributed by atoms with Gasteiger partial charge < -0.3 is 15.9 Å². The number of nitrogens with two attached hydrogens (primary N) is 1. The van der Waals surface area contributed by atoms with Crippen LogP contribution in [0.4, 0.5) is 10.1 Å². The van der Waals surface area contributed by atoms with Gasteiger partial charge in [0.1, 0.15) is 6.10 Å². The standard InChI is InChI=1S/C10H13FN2O3S/c1-5(14)17-4-7(15)10(16)9-6(12)2-3-8(11)13-9/h2-3,7,10,15-16H,4,12H2,1H3. The van der Waals surface area contributed by atoms with Gasteiger partial charge in [-0.25, -0.2) is 4.98 Å². The minimum atomic E-state index is -1.42. The molecule has 2 unspecified atom stereocenters. The number of pyridine rings is 1. The summed E-state index contributed by atoms with van der Waals surface area (Å²) in [5.41, 5.74) is 5.48. The van der Waals surface area contributed by atoms with Crippen molar-refractivity contribution in [3.05, 3.63) is 23.8 Å². The lowest BCUT2D eigenvalue weighted by atomic mass is 10.1. The molecule has 1 rings (SSSR count). The molecule has 4 N–H and O–H groups in total. The van der Waals surface area contributed by atoms with E-state index in [-0.39, 0.29) is 22.2 Å². The van der Waals surface area contributed by atoms with Gasteiger partial charge >= 0.3 is 0 Å². The first-order valence-corrected chi connectivity index (χ1v) is 5.81. The molecule has 17 heavy (non-hydrogen) atoms. The molecule has 0 saturated heterocycles. The van der Waals surface area contributed by atoms with Crippen LogP contribution in [0.5, 0.6) is 0 Å². The van der Waals surface area contributed by atoms with Gasteiger partial charge in [-0.1, -0.05) is 11.8 Å². The third-order valence-corrected chi connectivity index (χ3v) is 2.94. The number of carbonyl (C=O) groups excluding carboxylic acids is 1. The molecule has 1 heterocycles. The predicted molar refractivity (Wildman–Crippen MR) is 62.7 cm³/mol. The number of carbonyl (C=O) groups is 1. The molecule has 5 nitrogen and oxygen atoms in total. The zero-order valence-corrected chi connectivity index (χ0v) is 9.95. The van der Waals surface area contributed by atoms with Crippen molar-refractivity contribution in [1.82, 2.24) is 4.98 Å². The summed E-state index contributed by atoms with van der Waals surface area (Å²) in [5, 5.41) is 19.1. The number of nitrogens with zero attached hydrogens (tertiary/aromatic N) is 1. The van der Waals surface area contributed by atoms with E-state index < -0.39 is 18.2 Å². The van der Waals surface area contributed by atoms with Gasteiger partial charge in [0.05, 0.1) is 17.5 Å². The van der Waals surface area contributed by atoms with E-state index in [9.17, 15) is 19.4 Å². The fourth-order valence-corrected chi connectivity index (χ4v) is 1.76. The lowest BCUT2D eigenvalue weighted by Crippen LogP contribution is -2.23. The molecule has 0 spiro atoms. The van der Waals surface area contributed by atoms with E-state index in [0.29, 0.717) is 0 Å². The second kappa shape index (κ2) is 5.95. The molecule has 0 fully saturated rings. The molecule has 1 aromatic heterocycles. The second-order valence-electron chi connectivity index (χ2n) is 3.42. The number of thioether (sulfide) groups is 1. The molecular weight excluding hydrogens is 247 g/mol. The van der Waals surface area contributed by atoms with Crippen molar-refractivity contribution < 1.29 is 19.4 Å². The molecule has 0 radical (unpaired) electrons. The Morgan fingerprint density at radius 1 is 1.59 bits per heavy atom. The van der Waals surface area contributed by atoms with E-state index in [4.69, 9.17) is 5.73 Å². The van der Waals surface area contributed by atoms with Gasteiger partial charge in [-0.2, -0.15) is 4.39 Å². The number of aromatic nitrogens is 1. The highest BCUT2D eigenvalue weighted by Crippen LogP contribution is 2.23. The quantitative estimate of drug-likeness (QED) is 0.681. The van der Waals surface area contributed by atoms with Crippen molar-refractivity contribution in [2.75, 3.05) is 11.5 Å². The SMILES string of the molecule is CC(=O)SCC(O)C(O)c1nc(F)ccc1N. The van der Waals surface area contributed by atoms with Crippen LogP contribution in [0.1, 0.15) is 18.7 Å². The molecule has 7 heteroatoms. The highest BCUT2D eigenvalue weighted by Gasteiger charge is 2.23. The van der Waals surface area contributed by atoms with Crippen molar-refractivity contribution in [3.8, 4) is 0 Å². The largest absolute Gasteiger partial charge is 0.397 e. The van der Waals surface area contributed by atoms with Gasteiger partial charge in [-0.05, 0) is 12.1 Å². The fraction of sp³-hybridized carbons (Fsp3) is 0.400. The first kappa shape index (κ1) is 13.9. The predicted octanol–water partition coefficient (Wildman–Crippen LogP) is 0.477. The molecule has 2 atom stereocenters. The van der Waals surface area contributed by atoms with Crippen molar-refractivity contribution in [2.45, 2.75) is 19.1 Å². The molecule has 0 aromatic carbocycles. The Bertz CT molecular complexity index is 417. The number of rotatable bonds is 4. The minimum Gasteiger partial charge on any atom is -0.397 e. The van der Waals surface area contributed by atoms with Crippen LogP contribution in [-0.2, 0) is 4.79 Å². The summed E-state index contributed by atoms with van der Waals surface area (Å²) in [6, 6.07) is 2.31. The minimum absolute atomic E-state index is 0.00582. The Hall–Kier alpha value is -1.18. The fourth-order valence-electron chi connectivity index (χ4n) is 1.17. The summed E-state index contributed by atoms with van der Waals surface area (Å²) in [6.07, 6.45) is -2.65.